The highest BCUT2D eigenvalue weighted by Gasteiger charge is 2.05. The van der Waals surface area contributed by atoms with Gasteiger partial charge in [-0.05, 0) is 11.2 Å². The summed E-state index contributed by atoms with van der Waals surface area (Å²) in [5.74, 6) is 0.828. The summed E-state index contributed by atoms with van der Waals surface area (Å²) < 4.78 is 0. The van der Waals surface area contributed by atoms with Crippen LogP contribution in [0.1, 0.15) is 25.6 Å². The lowest BCUT2D eigenvalue weighted by Crippen LogP contribution is -2.44. The Morgan fingerprint density at radius 3 is 1.75 bits per heavy atom. The molecular weight excluding hydrogens is 145 g/mol. The van der Waals surface area contributed by atoms with Gasteiger partial charge in [-0.25, -0.2) is 9.97 Å². The number of aromatic nitrogens is 2. The van der Waals surface area contributed by atoms with Crippen LogP contribution in [0.4, 0.5) is 0 Å². The Bertz CT molecular complexity index is 276. The molecule has 0 spiro atoms. The van der Waals surface area contributed by atoms with Crippen LogP contribution in [0, 0.1) is 0 Å². The fourth-order valence-electron chi connectivity index (χ4n) is 0.782. The summed E-state index contributed by atoms with van der Waals surface area (Å²) in [6, 6.07) is 0. The highest BCUT2D eigenvalue weighted by atomic mass is 14.9. The lowest BCUT2D eigenvalue weighted by Gasteiger charge is -2.10. The summed E-state index contributed by atoms with van der Waals surface area (Å²) >= 11 is 0. The Kier molecular flexibility index (Phi) is 2.60. The summed E-state index contributed by atoms with van der Waals surface area (Å²) in [5, 5.41) is 0. The van der Waals surface area contributed by atoms with E-state index in [0.29, 0.717) is 5.82 Å². The van der Waals surface area contributed by atoms with Crippen LogP contribution in [-0.4, -0.2) is 33.5 Å². The third-order valence-electron chi connectivity index (χ3n) is 1.54. The monoisotopic (exact) mass is 152 g/mol. The molecule has 0 atom stereocenters. The molecule has 1 rings (SSSR count). The molecule has 1 aromatic heterocycles. The minimum Gasteiger partial charge on any atom is -0.250 e. The topological polar surface area (TPSA) is 25.8 Å². The van der Waals surface area contributed by atoms with Crippen LogP contribution in [0.2, 0.25) is 0 Å². The zero-order chi connectivity index (χ0) is 9.30. The van der Waals surface area contributed by atoms with Crippen molar-refractivity contribution in [1.29, 1.82) is 0 Å². The molecule has 1 heterocycles. The third kappa shape index (κ3) is 1.71. The molecule has 5 heteroatoms. The third-order valence-corrected chi connectivity index (χ3v) is 1.54. The van der Waals surface area contributed by atoms with Crippen molar-refractivity contribution in [2.45, 2.75) is 19.8 Å². The molecule has 0 amide bonds. The lowest BCUT2D eigenvalue weighted by molar-refractivity contribution is 0.785. The molecular formula is C7H7B3N2. The van der Waals surface area contributed by atoms with Crippen LogP contribution >= 0.6 is 0 Å². The van der Waals surface area contributed by atoms with Gasteiger partial charge in [0.15, 0.2) is 0 Å². The van der Waals surface area contributed by atoms with Gasteiger partial charge in [0.05, 0.1) is 0 Å². The SMILES string of the molecule is [B]c1nc(C(C)C)nc([B])c1[B]. The predicted molar refractivity (Wildman–Crippen MR) is 52.3 cm³/mol. The first-order chi connectivity index (χ1) is 5.52. The second-order valence-corrected chi connectivity index (χ2v) is 2.92. The fraction of sp³-hybridized carbons (Fsp3) is 0.429. The normalized spacial score (nSPS) is 10.6. The summed E-state index contributed by atoms with van der Waals surface area (Å²) in [5.41, 5.74) is 0.775. The second-order valence-electron chi connectivity index (χ2n) is 2.92. The fourth-order valence-corrected chi connectivity index (χ4v) is 0.782. The van der Waals surface area contributed by atoms with Gasteiger partial charge < -0.3 is 0 Å². The van der Waals surface area contributed by atoms with E-state index in [1.807, 2.05) is 13.8 Å². The Morgan fingerprint density at radius 1 is 1.00 bits per heavy atom. The van der Waals surface area contributed by atoms with Gasteiger partial charge in [0.2, 0.25) is 0 Å². The number of rotatable bonds is 1. The maximum absolute atomic E-state index is 5.50. The number of nitrogens with zero attached hydrogens (tertiary/aromatic N) is 2. The van der Waals surface area contributed by atoms with Crippen molar-refractivity contribution in [3.63, 3.8) is 0 Å². The summed E-state index contributed by atoms with van der Waals surface area (Å²) in [4.78, 5) is 7.99. The maximum Gasteiger partial charge on any atom is 0.141 e. The lowest BCUT2D eigenvalue weighted by atomic mass is 9.78. The molecule has 0 fully saturated rings. The van der Waals surface area contributed by atoms with Crippen molar-refractivity contribution in [2.24, 2.45) is 0 Å². The van der Waals surface area contributed by atoms with Gasteiger partial charge in [-0.1, -0.05) is 19.3 Å². The smallest absolute Gasteiger partial charge is 0.141 e. The Balaban J connectivity index is 3.21. The van der Waals surface area contributed by atoms with E-state index in [-0.39, 0.29) is 22.6 Å². The maximum atomic E-state index is 5.50. The average Bonchev–Trinajstić information content (AvgIpc) is 1.99. The molecule has 0 saturated carbocycles. The minimum atomic E-state index is 0.204. The zero-order valence-corrected chi connectivity index (χ0v) is 7.20. The van der Waals surface area contributed by atoms with E-state index in [1.165, 1.54) is 0 Å². The predicted octanol–water partition coefficient (Wildman–Crippen LogP) is -2.02. The minimum absolute atomic E-state index is 0.204. The van der Waals surface area contributed by atoms with Gasteiger partial charge >= 0.3 is 0 Å². The number of hydrogen-bond acceptors (Lipinski definition) is 2. The van der Waals surface area contributed by atoms with Gasteiger partial charge in [0.1, 0.15) is 29.4 Å². The Morgan fingerprint density at radius 2 is 1.42 bits per heavy atom. The van der Waals surface area contributed by atoms with Gasteiger partial charge in [0, 0.05) is 5.92 Å². The summed E-state index contributed by atoms with van der Waals surface area (Å²) in [6.07, 6.45) is 0. The van der Waals surface area contributed by atoms with Gasteiger partial charge in [-0.3, -0.25) is 0 Å². The van der Waals surface area contributed by atoms with Crippen molar-refractivity contribution in [1.82, 2.24) is 9.97 Å². The van der Waals surface area contributed by atoms with E-state index in [0.717, 1.165) is 0 Å². The van der Waals surface area contributed by atoms with Crippen LogP contribution < -0.4 is 16.6 Å². The van der Waals surface area contributed by atoms with E-state index < -0.39 is 0 Å². The molecule has 6 radical (unpaired) electrons. The van der Waals surface area contributed by atoms with Crippen LogP contribution in [0.15, 0.2) is 0 Å². The summed E-state index contributed by atoms with van der Waals surface area (Å²) in [7, 11) is 16.5. The van der Waals surface area contributed by atoms with E-state index in [2.05, 4.69) is 9.97 Å². The molecule has 0 aliphatic carbocycles. The largest absolute Gasteiger partial charge is 0.250 e. The average molecular weight is 152 g/mol. The van der Waals surface area contributed by atoms with Crippen molar-refractivity contribution >= 4 is 40.2 Å². The number of hydrogen-bond donors (Lipinski definition) is 0. The Labute approximate surface area is 76.4 Å². The van der Waals surface area contributed by atoms with E-state index in [9.17, 15) is 0 Å². The van der Waals surface area contributed by atoms with Gasteiger partial charge in [-0.15, -0.1) is 0 Å². The van der Waals surface area contributed by atoms with E-state index in [1.54, 1.807) is 0 Å². The molecule has 0 N–H and O–H groups in total. The first kappa shape index (κ1) is 9.36. The van der Waals surface area contributed by atoms with Gasteiger partial charge in [-0.2, -0.15) is 0 Å². The van der Waals surface area contributed by atoms with Crippen LogP contribution in [-0.2, 0) is 0 Å². The molecule has 0 bridgehead atoms. The standard InChI is InChI=1S/C7H7B3N2/c1-3(2)7-11-5(9)4(8)6(10)12-7/h3H,1-2H3. The van der Waals surface area contributed by atoms with Crippen LogP contribution in [0.3, 0.4) is 0 Å². The molecule has 54 valence electrons. The first-order valence-electron chi connectivity index (χ1n) is 3.70. The van der Waals surface area contributed by atoms with Gasteiger partial charge in [0.25, 0.3) is 0 Å². The van der Waals surface area contributed by atoms with E-state index >= 15 is 0 Å². The summed E-state index contributed by atoms with van der Waals surface area (Å²) in [6.45, 7) is 3.93. The molecule has 12 heavy (non-hydrogen) atoms. The molecule has 0 aromatic carbocycles. The zero-order valence-electron chi connectivity index (χ0n) is 7.20. The molecule has 0 unspecified atom stereocenters. The molecule has 0 aliphatic rings. The second kappa shape index (κ2) is 3.34. The van der Waals surface area contributed by atoms with Crippen LogP contribution in [0.5, 0.6) is 0 Å². The van der Waals surface area contributed by atoms with Crippen molar-refractivity contribution in [3.05, 3.63) is 5.82 Å². The Hall–Kier alpha value is -0.725. The highest BCUT2D eigenvalue weighted by molar-refractivity contribution is 6.55. The molecule has 2 nitrogen and oxygen atoms in total. The quantitative estimate of drug-likeness (QED) is 0.433. The highest BCUT2D eigenvalue weighted by Crippen LogP contribution is 2.03. The van der Waals surface area contributed by atoms with Crippen molar-refractivity contribution in [3.8, 4) is 0 Å². The molecule has 0 aliphatic heterocycles. The van der Waals surface area contributed by atoms with Crippen LogP contribution in [0.25, 0.3) is 0 Å². The van der Waals surface area contributed by atoms with Crippen molar-refractivity contribution in [2.75, 3.05) is 0 Å². The molecule has 1 aromatic rings. The first-order valence-corrected chi connectivity index (χ1v) is 3.70. The van der Waals surface area contributed by atoms with E-state index in [4.69, 9.17) is 23.5 Å². The van der Waals surface area contributed by atoms with Crippen molar-refractivity contribution < 1.29 is 0 Å². The molecule has 0 saturated heterocycles.